The molecule has 0 aliphatic heterocycles. The second kappa shape index (κ2) is 5.41. The van der Waals surface area contributed by atoms with Gasteiger partial charge in [0.2, 0.25) is 5.91 Å². The number of carbonyl (C=O) groups is 1. The van der Waals surface area contributed by atoms with E-state index in [1.54, 1.807) is 29.8 Å². The van der Waals surface area contributed by atoms with Crippen LogP contribution in [0, 0.1) is 6.92 Å². The molecular weight excluding hydrogens is 280 g/mol. The Labute approximate surface area is 116 Å². The number of anilines is 1. The molecule has 2 aromatic heterocycles. The van der Waals surface area contributed by atoms with Gasteiger partial charge in [0.15, 0.2) is 15.5 Å². The highest BCUT2D eigenvalue weighted by atomic mass is 32.2. The SMILES string of the molecule is C=CS(=O)(=O)CCC(=O)Nc1ccc2nc(C)nn2c1. The number of amides is 1. The third-order valence-electron chi connectivity index (χ3n) is 2.59. The van der Waals surface area contributed by atoms with Crippen LogP contribution in [0.3, 0.4) is 0 Å². The summed E-state index contributed by atoms with van der Waals surface area (Å²) in [6.07, 6.45) is 1.50. The molecule has 0 unspecified atom stereocenters. The summed E-state index contributed by atoms with van der Waals surface area (Å²) in [5.74, 6) is -0.00956. The second-order valence-electron chi connectivity index (χ2n) is 4.21. The fourth-order valence-corrected chi connectivity index (χ4v) is 2.25. The highest BCUT2D eigenvalue weighted by Crippen LogP contribution is 2.10. The highest BCUT2D eigenvalue weighted by molar-refractivity contribution is 7.94. The predicted octanol–water partition coefficient (Wildman–Crippen LogP) is 0.925. The zero-order valence-electron chi connectivity index (χ0n) is 10.9. The predicted molar refractivity (Wildman–Crippen MR) is 75.0 cm³/mol. The van der Waals surface area contributed by atoms with Crippen LogP contribution in [0.4, 0.5) is 5.69 Å². The zero-order chi connectivity index (χ0) is 14.8. The Morgan fingerprint density at radius 1 is 1.50 bits per heavy atom. The Hall–Kier alpha value is -2.22. The summed E-state index contributed by atoms with van der Waals surface area (Å²) in [6, 6.07) is 3.40. The van der Waals surface area contributed by atoms with Gasteiger partial charge in [-0.05, 0) is 19.1 Å². The van der Waals surface area contributed by atoms with Crippen molar-refractivity contribution >= 4 is 27.1 Å². The fourth-order valence-electron chi connectivity index (χ4n) is 1.61. The van der Waals surface area contributed by atoms with Crippen LogP contribution in [0.15, 0.2) is 30.3 Å². The Kier molecular flexibility index (Phi) is 3.84. The van der Waals surface area contributed by atoms with Crippen molar-refractivity contribution in [2.45, 2.75) is 13.3 Å². The minimum atomic E-state index is -3.36. The van der Waals surface area contributed by atoms with Gasteiger partial charge in [0, 0.05) is 11.8 Å². The maximum atomic E-state index is 11.7. The van der Waals surface area contributed by atoms with Crippen LogP contribution < -0.4 is 5.32 Å². The molecule has 8 heteroatoms. The first-order valence-corrected chi connectivity index (χ1v) is 7.59. The zero-order valence-corrected chi connectivity index (χ0v) is 11.7. The number of fused-ring (bicyclic) bond motifs is 1. The van der Waals surface area contributed by atoms with Crippen molar-refractivity contribution in [2.24, 2.45) is 0 Å². The number of hydrogen-bond acceptors (Lipinski definition) is 5. The van der Waals surface area contributed by atoms with Crippen molar-refractivity contribution in [2.75, 3.05) is 11.1 Å². The minimum absolute atomic E-state index is 0.122. The first kappa shape index (κ1) is 14.2. The average Bonchev–Trinajstić information content (AvgIpc) is 2.76. The number of sulfone groups is 1. The molecule has 1 N–H and O–H groups in total. The van der Waals surface area contributed by atoms with Crippen molar-refractivity contribution < 1.29 is 13.2 Å². The number of nitrogens with one attached hydrogen (secondary N) is 1. The normalized spacial score (nSPS) is 11.4. The lowest BCUT2D eigenvalue weighted by Crippen LogP contribution is -2.16. The summed E-state index contributed by atoms with van der Waals surface area (Å²) < 4.78 is 24.0. The maximum absolute atomic E-state index is 11.7. The summed E-state index contributed by atoms with van der Waals surface area (Å²) >= 11 is 0. The molecule has 2 aromatic rings. The van der Waals surface area contributed by atoms with Crippen LogP contribution in [0.2, 0.25) is 0 Å². The largest absolute Gasteiger partial charge is 0.325 e. The van der Waals surface area contributed by atoms with Gasteiger partial charge in [-0.1, -0.05) is 6.58 Å². The van der Waals surface area contributed by atoms with Crippen LogP contribution in [-0.2, 0) is 14.6 Å². The van der Waals surface area contributed by atoms with Gasteiger partial charge < -0.3 is 5.32 Å². The second-order valence-corrected chi connectivity index (χ2v) is 6.28. The van der Waals surface area contributed by atoms with Gasteiger partial charge in [-0.2, -0.15) is 5.10 Å². The number of carbonyl (C=O) groups excluding carboxylic acids is 1. The van der Waals surface area contributed by atoms with Gasteiger partial charge in [0.1, 0.15) is 5.82 Å². The molecule has 0 fully saturated rings. The van der Waals surface area contributed by atoms with E-state index < -0.39 is 9.84 Å². The Morgan fingerprint density at radius 3 is 2.95 bits per heavy atom. The molecule has 0 atom stereocenters. The average molecular weight is 294 g/mol. The monoisotopic (exact) mass is 294 g/mol. The van der Waals surface area contributed by atoms with Crippen molar-refractivity contribution in [3.8, 4) is 0 Å². The first-order chi connectivity index (χ1) is 9.39. The van der Waals surface area contributed by atoms with E-state index >= 15 is 0 Å². The van der Waals surface area contributed by atoms with Crippen molar-refractivity contribution in [1.29, 1.82) is 0 Å². The van der Waals surface area contributed by atoms with Crippen molar-refractivity contribution in [3.63, 3.8) is 0 Å². The van der Waals surface area contributed by atoms with Crippen LogP contribution in [0.25, 0.3) is 5.65 Å². The molecule has 2 rings (SSSR count). The van der Waals surface area contributed by atoms with Gasteiger partial charge >= 0.3 is 0 Å². The van der Waals surface area contributed by atoms with Crippen LogP contribution in [0.1, 0.15) is 12.2 Å². The minimum Gasteiger partial charge on any atom is -0.325 e. The van der Waals surface area contributed by atoms with Gasteiger partial charge in [-0.3, -0.25) is 4.79 Å². The van der Waals surface area contributed by atoms with Crippen LogP contribution in [0.5, 0.6) is 0 Å². The molecule has 0 aliphatic rings. The molecule has 0 spiro atoms. The lowest BCUT2D eigenvalue weighted by Gasteiger charge is -2.04. The van der Waals surface area contributed by atoms with E-state index in [9.17, 15) is 13.2 Å². The van der Waals surface area contributed by atoms with Crippen molar-refractivity contribution in [1.82, 2.24) is 14.6 Å². The molecule has 20 heavy (non-hydrogen) atoms. The molecule has 0 radical (unpaired) electrons. The number of nitrogens with zero attached hydrogens (tertiary/aromatic N) is 3. The van der Waals surface area contributed by atoms with Gasteiger partial charge in [0.25, 0.3) is 0 Å². The molecular formula is C12H14N4O3S. The molecule has 0 bridgehead atoms. The quantitative estimate of drug-likeness (QED) is 0.885. The van der Waals surface area contributed by atoms with Gasteiger partial charge in [-0.25, -0.2) is 17.9 Å². The Balaban J connectivity index is 2.04. The summed E-state index contributed by atoms with van der Waals surface area (Å²) in [7, 11) is -3.36. The van der Waals surface area contributed by atoms with Crippen LogP contribution >= 0.6 is 0 Å². The van der Waals surface area contributed by atoms with Gasteiger partial charge in [-0.15, -0.1) is 0 Å². The van der Waals surface area contributed by atoms with E-state index in [2.05, 4.69) is 22.0 Å². The Bertz CT molecular complexity index is 764. The number of rotatable bonds is 5. The van der Waals surface area contributed by atoms with E-state index in [-0.39, 0.29) is 18.1 Å². The van der Waals surface area contributed by atoms with E-state index in [1.165, 1.54) is 0 Å². The summed E-state index contributed by atoms with van der Waals surface area (Å²) in [6.45, 7) is 4.96. The van der Waals surface area contributed by atoms with E-state index in [0.29, 0.717) is 17.2 Å². The topological polar surface area (TPSA) is 93.4 Å². The summed E-state index contributed by atoms with van der Waals surface area (Å²) in [5, 5.41) is 7.59. The lowest BCUT2D eigenvalue weighted by molar-refractivity contribution is -0.115. The highest BCUT2D eigenvalue weighted by Gasteiger charge is 2.10. The first-order valence-electron chi connectivity index (χ1n) is 5.88. The van der Waals surface area contributed by atoms with E-state index in [4.69, 9.17) is 0 Å². The van der Waals surface area contributed by atoms with Crippen molar-refractivity contribution in [3.05, 3.63) is 36.1 Å². The standard InChI is InChI=1S/C12H14N4O3S/c1-3-20(18,19)7-6-12(17)14-10-4-5-11-13-9(2)15-16(11)8-10/h3-5,8H,1,6-7H2,2H3,(H,14,17). The van der Waals surface area contributed by atoms with Gasteiger partial charge in [0.05, 0.1) is 17.6 Å². The molecule has 0 saturated heterocycles. The molecule has 7 nitrogen and oxygen atoms in total. The third kappa shape index (κ3) is 3.41. The number of aryl methyl sites for hydroxylation is 1. The smallest absolute Gasteiger partial charge is 0.225 e. The van der Waals surface area contributed by atoms with Crippen LogP contribution in [-0.4, -0.2) is 34.7 Å². The molecule has 106 valence electrons. The molecule has 0 saturated carbocycles. The molecule has 0 aliphatic carbocycles. The maximum Gasteiger partial charge on any atom is 0.225 e. The van der Waals surface area contributed by atoms with E-state index in [0.717, 1.165) is 5.41 Å². The summed E-state index contributed by atoms with van der Waals surface area (Å²) in [5.41, 5.74) is 1.21. The molecule has 0 aromatic carbocycles. The summed E-state index contributed by atoms with van der Waals surface area (Å²) in [4.78, 5) is 15.8. The Morgan fingerprint density at radius 2 is 2.25 bits per heavy atom. The number of aromatic nitrogens is 3. The molecule has 2 heterocycles. The number of hydrogen-bond donors (Lipinski definition) is 1. The van der Waals surface area contributed by atoms with E-state index in [1.807, 2.05) is 0 Å². The number of pyridine rings is 1. The lowest BCUT2D eigenvalue weighted by atomic mass is 10.4. The third-order valence-corrected chi connectivity index (χ3v) is 3.87. The molecule has 1 amide bonds. The fraction of sp³-hybridized carbons (Fsp3) is 0.250.